The Balaban J connectivity index is 1.15. The lowest BCUT2D eigenvalue weighted by Gasteiger charge is -2.57. The minimum absolute atomic E-state index is 0.0279. The molecule has 2 amide bonds. The molecule has 1 heterocycles. The van der Waals surface area contributed by atoms with Crippen LogP contribution in [0.5, 0.6) is 0 Å². The first-order valence-corrected chi connectivity index (χ1v) is 12.0. The maximum atomic E-state index is 13.7. The zero-order chi connectivity index (χ0) is 20.0. The van der Waals surface area contributed by atoms with E-state index in [1.807, 2.05) is 9.80 Å². The van der Waals surface area contributed by atoms with Crippen LogP contribution in [0.15, 0.2) is 29.2 Å². The van der Waals surface area contributed by atoms with Gasteiger partial charge in [-0.2, -0.15) is 0 Å². The summed E-state index contributed by atoms with van der Waals surface area (Å²) in [7, 11) is 0. The minimum atomic E-state index is -0.281. The molecule has 0 radical (unpaired) electrons. The summed E-state index contributed by atoms with van der Waals surface area (Å²) in [6.45, 7) is 2.46. The largest absolute Gasteiger partial charge is 0.339 e. The highest BCUT2D eigenvalue weighted by atomic mass is 32.2. The van der Waals surface area contributed by atoms with Crippen molar-refractivity contribution in [1.29, 1.82) is 0 Å². The van der Waals surface area contributed by atoms with Gasteiger partial charge in [0.15, 0.2) is 0 Å². The molecule has 4 aliphatic carbocycles. The van der Waals surface area contributed by atoms with Gasteiger partial charge < -0.3 is 9.80 Å². The summed E-state index contributed by atoms with van der Waals surface area (Å²) >= 11 is 1.25. The number of carbonyl (C=O) groups is 2. The van der Waals surface area contributed by atoms with Gasteiger partial charge >= 0.3 is 0 Å². The van der Waals surface area contributed by atoms with E-state index in [0.717, 1.165) is 37.0 Å². The molecule has 0 aromatic heterocycles. The summed E-state index contributed by atoms with van der Waals surface area (Å²) < 4.78 is 13.7. The maximum absolute atomic E-state index is 13.7. The average molecular weight is 417 g/mol. The summed E-state index contributed by atoms with van der Waals surface area (Å²) in [4.78, 5) is 30.4. The number of amides is 2. The van der Waals surface area contributed by atoms with E-state index in [1.165, 1.54) is 37.1 Å². The zero-order valence-electron chi connectivity index (χ0n) is 16.8. The van der Waals surface area contributed by atoms with Gasteiger partial charge in [-0.05, 0) is 68.4 Å². The minimum Gasteiger partial charge on any atom is -0.339 e. The molecule has 29 heavy (non-hydrogen) atoms. The predicted octanol–water partition coefficient (Wildman–Crippen LogP) is 3.81. The van der Waals surface area contributed by atoms with E-state index in [0.29, 0.717) is 37.0 Å². The molecule has 1 aliphatic heterocycles. The van der Waals surface area contributed by atoms with Gasteiger partial charge in [0, 0.05) is 31.1 Å². The number of hydrogen-bond donors (Lipinski definition) is 0. The smallest absolute Gasteiger partial charge is 0.233 e. The maximum Gasteiger partial charge on any atom is 0.233 e. The molecule has 4 bridgehead atoms. The first kappa shape index (κ1) is 19.4. The van der Waals surface area contributed by atoms with Gasteiger partial charge in [-0.3, -0.25) is 9.59 Å². The Morgan fingerprint density at radius 1 is 0.931 bits per heavy atom. The van der Waals surface area contributed by atoms with Crippen molar-refractivity contribution in [2.24, 2.45) is 23.2 Å². The van der Waals surface area contributed by atoms with Crippen molar-refractivity contribution in [2.45, 2.75) is 43.4 Å². The van der Waals surface area contributed by atoms with Crippen LogP contribution >= 0.6 is 11.8 Å². The lowest BCUT2D eigenvalue weighted by atomic mass is 9.49. The quantitative estimate of drug-likeness (QED) is 0.701. The molecule has 5 fully saturated rings. The molecule has 6 heteroatoms. The van der Waals surface area contributed by atoms with E-state index >= 15 is 0 Å². The fourth-order valence-electron chi connectivity index (χ4n) is 6.66. The molecule has 156 valence electrons. The van der Waals surface area contributed by atoms with Gasteiger partial charge in [0.2, 0.25) is 11.8 Å². The van der Waals surface area contributed by atoms with Crippen molar-refractivity contribution in [3.63, 3.8) is 0 Å². The van der Waals surface area contributed by atoms with E-state index < -0.39 is 0 Å². The highest BCUT2D eigenvalue weighted by molar-refractivity contribution is 8.00. The molecule has 6 rings (SSSR count). The number of thioether (sulfide) groups is 1. The number of carbonyl (C=O) groups excluding carboxylic acids is 2. The van der Waals surface area contributed by atoms with E-state index in [2.05, 4.69) is 0 Å². The summed E-state index contributed by atoms with van der Waals surface area (Å²) in [5.41, 5.74) is -0.0956. The Labute approximate surface area is 176 Å². The molecule has 1 aromatic rings. The highest BCUT2D eigenvalue weighted by Gasteiger charge is 2.55. The Morgan fingerprint density at radius 2 is 1.48 bits per heavy atom. The zero-order valence-corrected chi connectivity index (χ0v) is 17.6. The molecule has 0 unspecified atom stereocenters. The van der Waals surface area contributed by atoms with Crippen LogP contribution in [-0.2, 0) is 9.59 Å². The van der Waals surface area contributed by atoms with Gasteiger partial charge in [0.05, 0.1) is 11.2 Å². The third-order valence-corrected chi connectivity index (χ3v) is 8.63. The molecule has 0 N–H and O–H groups in total. The fraction of sp³-hybridized carbons (Fsp3) is 0.652. The molecule has 0 spiro atoms. The van der Waals surface area contributed by atoms with E-state index in [1.54, 1.807) is 18.2 Å². The average Bonchev–Trinajstić information content (AvgIpc) is 2.71. The molecular weight excluding hydrogens is 387 g/mol. The van der Waals surface area contributed by atoms with Crippen LogP contribution in [-0.4, -0.2) is 53.5 Å². The van der Waals surface area contributed by atoms with E-state index in [-0.39, 0.29) is 22.9 Å². The molecule has 4 nitrogen and oxygen atoms in total. The summed E-state index contributed by atoms with van der Waals surface area (Å²) in [5, 5.41) is 0. The van der Waals surface area contributed by atoms with Crippen LogP contribution in [0.4, 0.5) is 4.39 Å². The Hall–Kier alpha value is -1.56. The number of halogens is 1. The molecule has 4 saturated carbocycles. The van der Waals surface area contributed by atoms with E-state index in [4.69, 9.17) is 0 Å². The third-order valence-electron chi connectivity index (χ3n) is 7.60. The normalized spacial score (nSPS) is 33.2. The number of piperazine rings is 1. The second kappa shape index (κ2) is 7.60. The topological polar surface area (TPSA) is 40.6 Å². The molecule has 0 atom stereocenters. The molecular formula is C23H29FN2O2S. The van der Waals surface area contributed by atoms with Gasteiger partial charge in [-0.25, -0.2) is 4.39 Å². The second-order valence-corrected chi connectivity index (χ2v) is 10.6. The monoisotopic (exact) mass is 416 g/mol. The number of nitrogens with zero attached hydrogens (tertiary/aromatic N) is 2. The number of rotatable bonds is 4. The fourth-order valence-corrected chi connectivity index (χ4v) is 7.50. The van der Waals surface area contributed by atoms with Crippen molar-refractivity contribution in [3.05, 3.63) is 30.1 Å². The van der Waals surface area contributed by atoms with E-state index in [9.17, 15) is 14.0 Å². The first-order valence-electron chi connectivity index (χ1n) is 11.0. The van der Waals surface area contributed by atoms with Gasteiger partial charge in [-0.15, -0.1) is 11.8 Å². The van der Waals surface area contributed by atoms with Gasteiger partial charge in [0.25, 0.3) is 0 Å². The van der Waals surface area contributed by atoms with Crippen LogP contribution in [0.25, 0.3) is 0 Å². The number of hydrogen-bond acceptors (Lipinski definition) is 3. The molecule has 1 aromatic carbocycles. The molecule has 5 aliphatic rings. The Kier molecular flexibility index (Phi) is 5.09. The second-order valence-electron chi connectivity index (χ2n) is 9.59. The van der Waals surface area contributed by atoms with Crippen LogP contribution in [0.2, 0.25) is 0 Å². The third kappa shape index (κ3) is 3.69. The highest BCUT2D eigenvalue weighted by Crippen LogP contribution is 2.60. The van der Waals surface area contributed by atoms with Crippen LogP contribution in [0.1, 0.15) is 38.5 Å². The predicted molar refractivity (Wildman–Crippen MR) is 111 cm³/mol. The summed E-state index contributed by atoms with van der Waals surface area (Å²) in [6, 6.07) is 6.56. The van der Waals surface area contributed by atoms with Crippen molar-refractivity contribution in [1.82, 2.24) is 9.80 Å². The standard InChI is InChI=1S/C23H29FN2O2S/c24-19-3-1-2-4-20(19)29-15-21(27)25-5-7-26(8-6-25)22(28)23-12-16-9-17(13-23)11-18(10-16)14-23/h1-4,16-18H,5-15H2. The van der Waals surface area contributed by atoms with Crippen molar-refractivity contribution in [3.8, 4) is 0 Å². The summed E-state index contributed by atoms with van der Waals surface area (Å²) in [6.07, 6.45) is 7.31. The Morgan fingerprint density at radius 3 is 2.07 bits per heavy atom. The Bertz CT molecular complexity index is 771. The number of benzene rings is 1. The van der Waals surface area contributed by atoms with Crippen molar-refractivity contribution < 1.29 is 14.0 Å². The van der Waals surface area contributed by atoms with Crippen molar-refractivity contribution in [2.75, 3.05) is 31.9 Å². The van der Waals surface area contributed by atoms with Crippen molar-refractivity contribution >= 4 is 23.6 Å². The molecule has 1 saturated heterocycles. The van der Waals surface area contributed by atoms with Crippen LogP contribution in [0.3, 0.4) is 0 Å². The van der Waals surface area contributed by atoms with Gasteiger partial charge in [-0.1, -0.05) is 12.1 Å². The van der Waals surface area contributed by atoms with Gasteiger partial charge in [0.1, 0.15) is 5.82 Å². The summed E-state index contributed by atoms with van der Waals surface area (Å²) in [5.74, 6) is 2.65. The lowest BCUT2D eigenvalue weighted by molar-refractivity contribution is -0.160. The SMILES string of the molecule is O=C(CSc1ccccc1F)N1CCN(C(=O)C23CC4CC(CC(C4)C2)C3)CC1. The lowest BCUT2D eigenvalue weighted by Crippen LogP contribution is -2.58. The first-order chi connectivity index (χ1) is 14.0. The van der Waals surface area contributed by atoms with Crippen LogP contribution in [0, 0.1) is 29.0 Å². The van der Waals surface area contributed by atoms with Crippen LogP contribution < -0.4 is 0 Å².